The highest BCUT2D eigenvalue weighted by Gasteiger charge is 2.20. The Labute approximate surface area is 209 Å². The van der Waals surface area contributed by atoms with Gasteiger partial charge in [0.2, 0.25) is 0 Å². The Morgan fingerprint density at radius 3 is 2.28 bits per heavy atom. The minimum absolute atomic E-state index is 0.195. The fraction of sp³-hybridized carbons (Fsp3) is 0.179. The molecular weight excluding hydrogens is 456 g/mol. The molecule has 3 aromatic carbocycles. The van der Waals surface area contributed by atoms with E-state index in [4.69, 9.17) is 4.74 Å². The van der Waals surface area contributed by atoms with Crippen LogP contribution in [0.3, 0.4) is 0 Å². The summed E-state index contributed by atoms with van der Waals surface area (Å²) in [5.74, 6) is -0.213. The average molecular weight is 485 g/mol. The van der Waals surface area contributed by atoms with Crippen LogP contribution in [-0.2, 0) is 11.8 Å². The number of ether oxygens (including phenoxy) is 1. The highest BCUT2D eigenvalue weighted by Crippen LogP contribution is 2.18. The van der Waals surface area contributed by atoms with Crippen LogP contribution in [0.1, 0.15) is 28.5 Å². The predicted molar refractivity (Wildman–Crippen MR) is 140 cm³/mol. The molecule has 4 aromatic rings. The van der Waals surface area contributed by atoms with Gasteiger partial charge in [0.1, 0.15) is 11.4 Å². The Bertz CT molecular complexity index is 1450. The van der Waals surface area contributed by atoms with E-state index in [9.17, 15) is 14.4 Å². The van der Waals surface area contributed by atoms with Crippen molar-refractivity contribution in [3.8, 4) is 11.4 Å². The number of nitrogens with one attached hydrogen (secondary N) is 2. The van der Waals surface area contributed by atoms with Crippen LogP contribution in [0.2, 0.25) is 0 Å². The summed E-state index contributed by atoms with van der Waals surface area (Å²) in [7, 11) is 1.76. The molecule has 0 aliphatic heterocycles. The fourth-order valence-corrected chi connectivity index (χ4v) is 3.75. The number of para-hydroxylation sites is 1. The van der Waals surface area contributed by atoms with Crippen molar-refractivity contribution < 1.29 is 14.3 Å². The first-order valence-electron chi connectivity index (χ1n) is 11.5. The number of nitrogens with zero attached hydrogens (tertiary/aromatic N) is 2. The van der Waals surface area contributed by atoms with Crippen LogP contribution in [0.15, 0.2) is 83.7 Å². The molecule has 1 unspecified atom stereocenters. The molecular formula is C28H28N4O4. The lowest BCUT2D eigenvalue weighted by Crippen LogP contribution is -2.30. The number of benzene rings is 3. The van der Waals surface area contributed by atoms with E-state index in [1.807, 2.05) is 49.4 Å². The van der Waals surface area contributed by atoms with E-state index in [0.717, 1.165) is 5.56 Å². The maximum atomic E-state index is 13.1. The van der Waals surface area contributed by atoms with Crippen LogP contribution in [0.5, 0.6) is 5.75 Å². The molecule has 36 heavy (non-hydrogen) atoms. The first kappa shape index (κ1) is 24.5. The minimum atomic E-state index is -0.742. The Balaban J connectivity index is 1.48. The number of amides is 2. The van der Waals surface area contributed by atoms with E-state index >= 15 is 0 Å². The predicted octanol–water partition coefficient (Wildman–Crippen LogP) is 4.45. The van der Waals surface area contributed by atoms with Crippen molar-refractivity contribution in [2.45, 2.75) is 26.9 Å². The number of aromatic nitrogens is 2. The Kier molecular flexibility index (Phi) is 7.05. The van der Waals surface area contributed by atoms with E-state index < -0.39 is 12.0 Å². The zero-order valence-corrected chi connectivity index (χ0v) is 20.6. The summed E-state index contributed by atoms with van der Waals surface area (Å²) < 4.78 is 8.90. The lowest BCUT2D eigenvalue weighted by atomic mass is 10.1. The number of anilines is 2. The molecule has 184 valence electrons. The molecule has 1 atom stereocenters. The van der Waals surface area contributed by atoms with Gasteiger partial charge in [0.25, 0.3) is 17.4 Å². The summed E-state index contributed by atoms with van der Waals surface area (Å²) in [5, 5.41) is 5.51. The van der Waals surface area contributed by atoms with Crippen molar-refractivity contribution in [1.82, 2.24) is 9.36 Å². The number of carbonyl (C=O) groups is 2. The van der Waals surface area contributed by atoms with Gasteiger partial charge < -0.3 is 15.4 Å². The maximum absolute atomic E-state index is 13.1. The molecule has 0 fully saturated rings. The van der Waals surface area contributed by atoms with E-state index in [2.05, 4.69) is 10.6 Å². The summed E-state index contributed by atoms with van der Waals surface area (Å²) in [4.78, 5) is 38.7. The lowest BCUT2D eigenvalue weighted by molar-refractivity contribution is -0.122. The van der Waals surface area contributed by atoms with Crippen LogP contribution >= 0.6 is 0 Å². The second-order valence-corrected chi connectivity index (χ2v) is 8.53. The van der Waals surface area contributed by atoms with Crippen LogP contribution < -0.4 is 20.9 Å². The van der Waals surface area contributed by atoms with Crippen LogP contribution in [0.25, 0.3) is 5.69 Å². The molecule has 2 amide bonds. The summed E-state index contributed by atoms with van der Waals surface area (Å²) in [6, 6.07) is 23.1. The topological polar surface area (TPSA) is 94.4 Å². The molecule has 0 spiro atoms. The van der Waals surface area contributed by atoms with Gasteiger partial charge in [0.05, 0.1) is 11.4 Å². The third-order valence-electron chi connectivity index (χ3n) is 5.89. The SMILES string of the molecule is Cc1ccc(OC(C)C(=O)Nc2cccc(C(=O)Nc3c(C)n(C)n(-c4ccccc4)c3=O)c2)cc1. The zero-order chi connectivity index (χ0) is 25.8. The van der Waals surface area contributed by atoms with Crippen molar-refractivity contribution in [2.75, 3.05) is 10.6 Å². The van der Waals surface area contributed by atoms with Crippen LogP contribution in [0.4, 0.5) is 11.4 Å². The second kappa shape index (κ2) is 10.4. The van der Waals surface area contributed by atoms with Gasteiger partial charge in [-0.25, -0.2) is 4.68 Å². The van der Waals surface area contributed by atoms with Gasteiger partial charge in [-0.3, -0.25) is 19.1 Å². The monoisotopic (exact) mass is 484 g/mol. The lowest BCUT2D eigenvalue weighted by Gasteiger charge is -2.15. The van der Waals surface area contributed by atoms with Gasteiger partial charge >= 0.3 is 0 Å². The molecule has 0 aliphatic rings. The van der Waals surface area contributed by atoms with Crippen molar-refractivity contribution >= 4 is 23.2 Å². The molecule has 0 bridgehead atoms. The molecule has 0 radical (unpaired) electrons. The van der Waals surface area contributed by atoms with Gasteiger partial charge in [0.15, 0.2) is 6.10 Å². The average Bonchev–Trinajstić information content (AvgIpc) is 3.09. The quantitative estimate of drug-likeness (QED) is 0.405. The molecule has 0 saturated heterocycles. The maximum Gasteiger partial charge on any atom is 0.295 e. The Morgan fingerprint density at radius 2 is 1.58 bits per heavy atom. The van der Waals surface area contributed by atoms with Crippen molar-refractivity contribution in [3.63, 3.8) is 0 Å². The molecule has 2 N–H and O–H groups in total. The van der Waals surface area contributed by atoms with Gasteiger partial charge in [-0.05, 0) is 63.2 Å². The smallest absolute Gasteiger partial charge is 0.295 e. The minimum Gasteiger partial charge on any atom is -0.481 e. The molecule has 1 aromatic heterocycles. The van der Waals surface area contributed by atoms with Crippen LogP contribution in [-0.4, -0.2) is 27.3 Å². The zero-order valence-electron chi connectivity index (χ0n) is 20.6. The number of hydrogen-bond acceptors (Lipinski definition) is 4. The fourth-order valence-electron chi connectivity index (χ4n) is 3.75. The Hall–Kier alpha value is -4.59. The first-order valence-corrected chi connectivity index (χ1v) is 11.5. The summed E-state index contributed by atoms with van der Waals surface area (Å²) in [5.41, 5.74) is 3.01. The number of aryl methyl sites for hydroxylation is 1. The summed E-state index contributed by atoms with van der Waals surface area (Å²) in [6.45, 7) is 5.39. The normalized spacial score (nSPS) is 11.6. The molecule has 8 heteroatoms. The number of hydrogen-bond donors (Lipinski definition) is 2. The van der Waals surface area contributed by atoms with E-state index in [-0.39, 0.29) is 17.2 Å². The van der Waals surface area contributed by atoms with Crippen molar-refractivity contribution in [1.29, 1.82) is 0 Å². The number of rotatable bonds is 7. The summed E-state index contributed by atoms with van der Waals surface area (Å²) >= 11 is 0. The van der Waals surface area contributed by atoms with Gasteiger partial charge in [0, 0.05) is 18.3 Å². The standard InChI is InChI=1S/C28H28N4O4/c1-18-13-15-24(16-14-18)36-20(3)26(33)29-22-10-8-9-21(17-22)27(34)30-25-19(2)31(4)32(28(25)35)23-11-6-5-7-12-23/h5-17,20H,1-4H3,(H,29,33)(H,30,34). The molecule has 1 heterocycles. The molecule has 8 nitrogen and oxygen atoms in total. The van der Waals surface area contributed by atoms with E-state index in [1.165, 1.54) is 4.68 Å². The number of carbonyl (C=O) groups excluding carboxylic acids is 2. The van der Waals surface area contributed by atoms with Crippen molar-refractivity contribution in [3.05, 3.63) is 106 Å². The third kappa shape index (κ3) is 5.22. The summed E-state index contributed by atoms with van der Waals surface area (Å²) in [6.07, 6.45) is -0.742. The van der Waals surface area contributed by atoms with Crippen LogP contribution in [0, 0.1) is 13.8 Å². The third-order valence-corrected chi connectivity index (χ3v) is 5.89. The first-order chi connectivity index (χ1) is 17.2. The van der Waals surface area contributed by atoms with E-state index in [0.29, 0.717) is 28.4 Å². The van der Waals surface area contributed by atoms with Gasteiger partial charge in [-0.1, -0.05) is 42.0 Å². The molecule has 4 rings (SSSR count). The highest BCUT2D eigenvalue weighted by molar-refractivity contribution is 6.05. The highest BCUT2D eigenvalue weighted by atomic mass is 16.5. The molecule has 0 saturated carbocycles. The van der Waals surface area contributed by atoms with Crippen molar-refractivity contribution in [2.24, 2.45) is 7.05 Å². The Morgan fingerprint density at radius 1 is 0.889 bits per heavy atom. The second-order valence-electron chi connectivity index (χ2n) is 8.53. The largest absolute Gasteiger partial charge is 0.481 e. The molecule has 0 aliphatic carbocycles. The van der Waals surface area contributed by atoms with E-state index in [1.54, 1.807) is 62.0 Å². The van der Waals surface area contributed by atoms with Gasteiger partial charge in [-0.15, -0.1) is 0 Å². The van der Waals surface area contributed by atoms with Gasteiger partial charge in [-0.2, -0.15) is 0 Å².